The zero-order valence-electron chi connectivity index (χ0n) is 7.30. The van der Waals surface area contributed by atoms with Gasteiger partial charge in [-0.15, -0.1) is 0 Å². The van der Waals surface area contributed by atoms with Gasteiger partial charge in [0.1, 0.15) is 0 Å². The van der Waals surface area contributed by atoms with Gasteiger partial charge in [-0.3, -0.25) is 0 Å². The third-order valence-electron chi connectivity index (χ3n) is 3.77. The van der Waals surface area contributed by atoms with Gasteiger partial charge in [-0.2, -0.15) is 0 Å². The lowest BCUT2D eigenvalue weighted by molar-refractivity contribution is -0.0125. The Bertz CT molecular complexity index is 203. The van der Waals surface area contributed by atoms with Crippen LogP contribution in [0, 0.1) is 17.3 Å². The van der Waals surface area contributed by atoms with E-state index in [0.29, 0.717) is 11.3 Å². The Morgan fingerprint density at radius 1 is 1.64 bits per heavy atom. The van der Waals surface area contributed by atoms with Gasteiger partial charge in [0.15, 0.2) is 0 Å². The Hall–Kier alpha value is -0.300. The maximum atomic E-state index is 9.05. The Balaban J connectivity index is 2.23. The topological polar surface area (TPSA) is 20.2 Å². The molecule has 2 bridgehead atoms. The number of rotatable bonds is 1. The van der Waals surface area contributed by atoms with Gasteiger partial charge in [0, 0.05) is 0 Å². The first-order valence-electron chi connectivity index (χ1n) is 4.46. The molecule has 1 fully saturated rings. The van der Waals surface area contributed by atoms with E-state index in [-0.39, 0.29) is 6.61 Å². The quantitative estimate of drug-likeness (QED) is 0.569. The van der Waals surface area contributed by atoms with Crippen molar-refractivity contribution in [1.82, 2.24) is 0 Å². The molecule has 0 aromatic heterocycles. The molecule has 11 heavy (non-hydrogen) atoms. The predicted molar refractivity (Wildman–Crippen MR) is 45.2 cm³/mol. The molecule has 0 aromatic carbocycles. The average Bonchev–Trinajstić information content (AvgIpc) is 2.04. The van der Waals surface area contributed by atoms with Gasteiger partial charge in [-0.1, -0.05) is 19.9 Å². The molecule has 1 heteroatoms. The molecule has 0 radical (unpaired) electrons. The van der Waals surface area contributed by atoms with E-state index in [1.54, 1.807) is 0 Å². The van der Waals surface area contributed by atoms with Gasteiger partial charge in [0.25, 0.3) is 0 Å². The second-order valence-electron chi connectivity index (χ2n) is 4.48. The molecule has 62 valence electrons. The molecule has 3 rings (SSSR count). The summed E-state index contributed by atoms with van der Waals surface area (Å²) in [5.41, 5.74) is 1.77. The summed E-state index contributed by atoms with van der Waals surface area (Å²) in [5.74, 6) is 1.58. The van der Waals surface area contributed by atoms with Crippen LogP contribution in [-0.2, 0) is 0 Å². The molecule has 1 N–H and O–H groups in total. The van der Waals surface area contributed by atoms with Crippen LogP contribution in [0.1, 0.15) is 26.7 Å². The van der Waals surface area contributed by atoms with Gasteiger partial charge < -0.3 is 5.11 Å². The second-order valence-corrected chi connectivity index (χ2v) is 4.48. The monoisotopic (exact) mass is 152 g/mol. The molecular weight excluding hydrogens is 136 g/mol. The van der Waals surface area contributed by atoms with E-state index in [0.717, 1.165) is 5.92 Å². The van der Waals surface area contributed by atoms with Gasteiger partial charge in [0.05, 0.1) is 6.61 Å². The van der Waals surface area contributed by atoms with E-state index in [2.05, 4.69) is 19.9 Å². The highest BCUT2D eigenvalue weighted by atomic mass is 16.3. The van der Waals surface area contributed by atoms with Crippen LogP contribution in [0.4, 0.5) is 0 Å². The minimum absolute atomic E-state index is 0.279. The molecule has 2 atom stereocenters. The van der Waals surface area contributed by atoms with Gasteiger partial charge >= 0.3 is 0 Å². The molecule has 0 aromatic rings. The third kappa shape index (κ3) is 0.807. The van der Waals surface area contributed by atoms with Crippen LogP contribution >= 0.6 is 0 Å². The highest BCUT2D eigenvalue weighted by Crippen LogP contribution is 2.58. The lowest BCUT2D eigenvalue weighted by Gasteiger charge is -2.56. The van der Waals surface area contributed by atoms with Crippen molar-refractivity contribution in [3.8, 4) is 0 Å². The maximum absolute atomic E-state index is 9.05. The van der Waals surface area contributed by atoms with E-state index in [9.17, 15) is 0 Å². The molecule has 0 saturated heterocycles. The average molecular weight is 152 g/mol. The molecule has 0 amide bonds. The minimum atomic E-state index is 0.279. The summed E-state index contributed by atoms with van der Waals surface area (Å²) >= 11 is 0. The van der Waals surface area contributed by atoms with E-state index in [1.165, 1.54) is 18.4 Å². The lowest BCUT2D eigenvalue weighted by Crippen LogP contribution is -2.48. The van der Waals surface area contributed by atoms with E-state index < -0.39 is 0 Å². The first-order valence-corrected chi connectivity index (χ1v) is 4.46. The van der Waals surface area contributed by atoms with E-state index >= 15 is 0 Å². The van der Waals surface area contributed by atoms with Gasteiger partial charge in [0.2, 0.25) is 0 Å². The van der Waals surface area contributed by atoms with Gasteiger partial charge in [-0.05, 0) is 35.7 Å². The van der Waals surface area contributed by atoms with Crippen LogP contribution in [0.2, 0.25) is 0 Å². The molecule has 1 saturated carbocycles. The van der Waals surface area contributed by atoms with E-state index in [4.69, 9.17) is 5.11 Å². The summed E-state index contributed by atoms with van der Waals surface area (Å²) in [6, 6.07) is 0. The minimum Gasteiger partial charge on any atom is -0.392 e. The number of hydrogen-bond donors (Lipinski definition) is 1. The van der Waals surface area contributed by atoms with Crippen molar-refractivity contribution in [2.24, 2.45) is 17.3 Å². The second kappa shape index (κ2) is 2.10. The molecule has 0 spiro atoms. The van der Waals surface area contributed by atoms with Crippen LogP contribution in [0.25, 0.3) is 0 Å². The third-order valence-corrected chi connectivity index (χ3v) is 3.77. The van der Waals surface area contributed by atoms with Crippen molar-refractivity contribution in [3.63, 3.8) is 0 Å². The molecular formula is C10H16O. The van der Waals surface area contributed by atoms with Crippen molar-refractivity contribution in [2.45, 2.75) is 26.7 Å². The predicted octanol–water partition coefficient (Wildman–Crippen LogP) is 1.97. The zero-order chi connectivity index (χ0) is 8.06. The lowest BCUT2D eigenvalue weighted by atomic mass is 9.49. The smallest absolute Gasteiger partial charge is 0.0644 e. The molecule has 0 aliphatic heterocycles. The maximum Gasteiger partial charge on any atom is 0.0644 e. The Morgan fingerprint density at radius 3 is 2.73 bits per heavy atom. The van der Waals surface area contributed by atoms with Crippen molar-refractivity contribution in [2.75, 3.05) is 6.61 Å². The fourth-order valence-electron chi connectivity index (χ4n) is 2.66. The first-order chi connectivity index (χ1) is 5.16. The summed E-state index contributed by atoms with van der Waals surface area (Å²) in [6.07, 6.45) is 4.75. The van der Waals surface area contributed by atoms with Crippen molar-refractivity contribution >= 4 is 0 Å². The standard InChI is InChI=1S/C10H16O/c1-10(2)8-4-3-7(6-11)9(10)5-8/h3,8-9,11H,4-6H2,1-2H3/t8-,9?/m1/s1. The largest absolute Gasteiger partial charge is 0.392 e. The number of allylic oxidation sites excluding steroid dienone is 1. The molecule has 1 unspecified atom stereocenters. The fourth-order valence-corrected chi connectivity index (χ4v) is 2.66. The highest BCUT2D eigenvalue weighted by Gasteiger charge is 2.50. The Kier molecular flexibility index (Phi) is 1.40. The first kappa shape index (κ1) is 7.35. The Morgan fingerprint density at radius 2 is 2.36 bits per heavy atom. The van der Waals surface area contributed by atoms with Crippen LogP contribution in [0.3, 0.4) is 0 Å². The van der Waals surface area contributed by atoms with Crippen molar-refractivity contribution < 1.29 is 5.11 Å². The number of hydrogen-bond acceptors (Lipinski definition) is 1. The molecule has 0 heterocycles. The highest BCUT2D eigenvalue weighted by molar-refractivity contribution is 5.23. The molecule has 3 aliphatic rings. The summed E-state index contributed by atoms with van der Waals surface area (Å²) < 4.78 is 0. The van der Waals surface area contributed by atoms with E-state index in [1.807, 2.05) is 0 Å². The molecule has 3 aliphatic carbocycles. The Labute approximate surface area is 68.1 Å². The van der Waals surface area contributed by atoms with Crippen LogP contribution in [0.15, 0.2) is 11.6 Å². The summed E-state index contributed by atoms with van der Waals surface area (Å²) in [4.78, 5) is 0. The van der Waals surface area contributed by atoms with Gasteiger partial charge in [-0.25, -0.2) is 0 Å². The zero-order valence-corrected chi connectivity index (χ0v) is 7.30. The van der Waals surface area contributed by atoms with Crippen molar-refractivity contribution in [1.29, 1.82) is 0 Å². The molecule has 1 nitrogen and oxygen atoms in total. The van der Waals surface area contributed by atoms with Crippen LogP contribution < -0.4 is 0 Å². The summed E-state index contributed by atoms with van der Waals surface area (Å²) in [5, 5.41) is 9.05. The summed E-state index contributed by atoms with van der Waals surface area (Å²) in [7, 11) is 0. The fraction of sp³-hybridized carbons (Fsp3) is 0.800. The number of aliphatic hydroxyl groups is 1. The normalized spacial score (nSPS) is 39.4. The van der Waals surface area contributed by atoms with Crippen LogP contribution in [-0.4, -0.2) is 11.7 Å². The van der Waals surface area contributed by atoms with Crippen LogP contribution in [0.5, 0.6) is 0 Å². The van der Waals surface area contributed by atoms with Crippen molar-refractivity contribution in [3.05, 3.63) is 11.6 Å². The number of aliphatic hydroxyl groups excluding tert-OH is 1. The SMILES string of the molecule is CC1(C)C2C[C@H]1CC=C2CO. The summed E-state index contributed by atoms with van der Waals surface area (Å²) in [6.45, 7) is 4.93. The number of fused-ring (bicyclic) bond motifs is 1.